The molecule has 0 bridgehead atoms. The average Bonchev–Trinajstić information content (AvgIpc) is 2.83. The van der Waals surface area contributed by atoms with Gasteiger partial charge in [-0.25, -0.2) is 5.01 Å². The summed E-state index contributed by atoms with van der Waals surface area (Å²) in [6.07, 6.45) is 6.14. The minimum atomic E-state index is -0.0556. The van der Waals surface area contributed by atoms with E-state index in [1.807, 2.05) is 24.3 Å². The molecular weight excluding hydrogens is 236 g/mol. The molecule has 3 heteroatoms. The van der Waals surface area contributed by atoms with E-state index >= 15 is 0 Å². The van der Waals surface area contributed by atoms with Crippen molar-refractivity contribution in [1.29, 1.82) is 0 Å². The van der Waals surface area contributed by atoms with Gasteiger partial charge < -0.3 is 0 Å². The molecule has 98 valence electrons. The van der Waals surface area contributed by atoms with Crippen molar-refractivity contribution in [3.8, 4) is 0 Å². The Kier molecular flexibility index (Phi) is 4.31. The highest BCUT2D eigenvalue weighted by Crippen LogP contribution is 2.24. The molecule has 1 aromatic carbocycles. The van der Waals surface area contributed by atoms with Crippen LogP contribution in [0.1, 0.15) is 11.1 Å². The summed E-state index contributed by atoms with van der Waals surface area (Å²) in [4.78, 5) is 12.2. The monoisotopic (exact) mass is 254 g/mol. The maximum atomic E-state index is 12.2. The quantitative estimate of drug-likeness (QED) is 0.624. The van der Waals surface area contributed by atoms with E-state index in [2.05, 4.69) is 24.7 Å². The van der Waals surface area contributed by atoms with Crippen LogP contribution in [-0.4, -0.2) is 24.0 Å². The van der Waals surface area contributed by atoms with E-state index in [1.165, 1.54) is 5.56 Å². The average molecular weight is 254 g/mol. The van der Waals surface area contributed by atoms with E-state index in [-0.39, 0.29) is 5.91 Å². The lowest BCUT2D eigenvalue weighted by Crippen LogP contribution is -2.43. The third-order valence-corrected chi connectivity index (χ3v) is 3.02. The van der Waals surface area contributed by atoms with Gasteiger partial charge in [0.05, 0.1) is 0 Å². The number of hydrogen-bond donors (Lipinski definition) is 1. The maximum Gasteiger partial charge on any atom is 0.261 e. The first kappa shape index (κ1) is 13.3. The highest BCUT2D eigenvalue weighted by Gasteiger charge is 2.19. The smallest absolute Gasteiger partial charge is 0.261 e. The van der Waals surface area contributed by atoms with Crippen molar-refractivity contribution in [3.05, 3.63) is 66.3 Å². The number of rotatable bonds is 6. The first-order valence-corrected chi connectivity index (χ1v) is 6.30. The van der Waals surface area contributed by atoms with Crippen molar-refractivity contribution in [2.75, 3.05) is 13.1 Å². The molecule has 0 spiro atoms. The molecule has 19 heavy (non-hydrogen) atoms. The molecule has 0 atom stereocenters. The Morgan fingerprint density at radius 2 is 1.95 bits per heavy atom. The highest BCUT2D eigenvalue weighted by atomic mass is 16.2. The highest BCUT2D eigenvalue weighted by molar-refractivity contribution is 6.00. The third kappa shape index (κ3) is 3.20. The zero-order valence-corrected chi connectivity index (χ0v) is 10.9. The fourth-order valence-electron chi connectivity index (χ4n) is 2.12. The predicted molar refractivity (Wildman–Crippen MR) is 78.2 cm³/mol. The summed E-state index contributed by atoms with van der Waals surface area (Å²) < 4.78 is 0. The number of nitrogens with zero attached hydrogens (tertiary/aromatic N) is 1. The molecule has 0 aliphatic heterocycles. The lowest BCUT2D eigenvalue weighted by atomic mass is 10.1. The van der Waals surface area contributed by atoms with E-state index in [0.29, 0.717) is 19.5 Å². The Morgan fingerprint density at radius 1 is 1.26 bits per heavy atom. The van der Waals surface area contributed by atoms with Crippen LogP contribution in [0.3, 0.4) is 0 Å². The molecule has 3 nitrogen and oxygen atoms in total. The Bertz CT molecular complexity index is 521. The molecule has 1 aliphatic carbocycles. The number of hydrazine groups is 1. The molecule has 2 rings (SSSR count). The summed E-state index contributed by atoms with van der Waals surface area (Å²) in [5, 5.41) is 1.78. The summed E-state index contributed by atoms with van der Waals surface area (Å²) in [6, 6.07) is 8.06. The minimum absolute atomic E-state index is 0.0556. The molecule has 0 fully saturated rings. The minimum Gasteiger partial charge on any atom is -0.284 e. The topological polar surface area (TPSA) is 32.3 Å². The van der Waals surface area contributed by atoms with Crippen LogP contribution in [0.15, 0.2) is 55.1 Å². The van der Waals surface area contributed by atoms with Gasteiger partial charge >= 0.3 is 0 Å². The van der Waals surface area contributed by atoms with Crippen molar-refractivity contribution < 1.29 is 4.79 Å². The summed E-state index contributed by atoms with van der Waals surface area (Å²) in [5.74, 6) is -0.0556. The summed E-state index contributed by atoms with van der Waals surface area (Å²) in [7, 11) is 0. The van der Waals surface area contributed by atoms with Crippen LogP contribution < -0.4 is 5.43 Å². The van der Waals surface area contributed by atoms with Crippen LogP contribution in [0.5, 0.6) is 0 Å². The molecule has 0 aromatic heterocycles. The van der Waals surface area contributed by atoms with Crippen molar-refractivity contribution in [1.82, 2.24) is 10.4 Å². The molecule has 0 unspecified atom stereocenters. The molecule has 1 amide bonds. The van der Waals surface area contributed by atoms with Crippen LogP contribution in [0.4, 0.5) is 0 Å². The summed E-state index contributed by atoms with van der Waals surface area (Å²) in [5.41, 5.74) is 6.00. The van der Waals surface area contributed by atoms with Gasteiger partial charge in [-0.1, -0.05) is 36.4 Å². The van der Waals surface area contributed by atoms with Gasteiger partial charge in [-0.3, -0.25) is 10.2 Å². The zero-order chi connectivity index (χ0) is 13.7. The fourth-order valence-corrected chi connectivity index (χ4v) is 2.12. The van der Waals surface area contributed by atoms with Gasteiger partial charge in [0, 0.05) is 25.1 Å². The summed E-state index contributed by atoms with van der Waals surface area (Å²) >= 11 is 0. The predicted octanol–water partition coefficient (Wildman–Crippen LogP) is 2.33. The van der Waals surface area contributed by atoms with Gasteiger partial charge in [0.1, 0.15) is 0 Å². The van der Waals surface area contributed by atoms with E-state index < -0.39 is 0 Å². The SMILES string of the molecule is C=CCN(CC=C)NC(=O)C1=Cc2ccccc2C1. The number of fused-ring (bicyclic) bond motifs is 1. The van der Waals surface area contributed by atoms with E-state index in [4.69, 9.17) is 0 Å². The van der Waals surface area contributed by atoms with Crippen LogP contribution >= 0.6 is 0 Å². The third-order valence-electron chi connectivity index (χ3n) is 3.02. The lowest BCUT2D eigenvalue weighted by molar-refractivity contribution is -0.121. The number of amides is 1. The van der Waals surface area contributed by atoms with Crippen LogP contribution in [0, 0.1) is 0 Å². The molecule has 1 aliphatic rings. The number of nitrogens with one attached hydrogen (secondary N) is 1. The molecule has 0 saturated carbocycles. The molecule has 0 heterocycles. The maximum absolute atomic E-state index is 12.2. The van der Waals surface area contributed by atoms with Crippen molar-refractivity contribution in [2.24, 2.45) is 0 Å². The zero-order valence-electron chi connectivity index (χ0n) is 10.9. The van der Waals surface area contributed by atoms with Crippen molar-refractivity contribution in [3.63, 3.8) is 0 Å². The van der Waals surface area contributed by atoms with Crippen LogP contribution in [0.2, 0.25) is 0 Å². The second-order valence-electron chi connectivity index (χ2n) is 4.47. The lowest BCUT2D eigenvalue weighted by Gasteiger charge is -2.20. The standard InChI is InChI=1S/C16H18N2O/c1-3-9-18(10-4-2)17-16(19)15-11-13-7-5-6-8-14(13)12-15/h3-8,11H,1-2,9-10,12H2,(H,17,19). The second-order valence-corrected chi connectivity index (χ2v) is 4.47. The molecular formula is C16H18N2O. The Morgan fingerprint density at radius 3 is 2.58 bits per heavy atom. The van der Waals surface area contributed by atoms with Gasteiger partial charge in [-0.05, 0) is 17.2 Å². The first-order valence-electron chi connectivity index (χ1n) is 6.30. The number of hydrogen-bond acceptors (Lipinski definition) is 2. The van der Waals surface area contributed by atoms with Crippen LogP contribution in [-0.2, 0) is 11.2 Å². The van der Waals surface area contributed by atoms with Gasteiger partial charge in [-0.2, -0.15) is 0 Å². The van der Waals surface area contributed by atoms with Crippen LogP contribution in [0.25, 0.3) is 6.08 Å². The first-order chi connectivity index (χ1) is 9.24. The summed E-state index contributed by atoms with van der Waals surface area (Å²) in [6.45, 7) is 8.55. The number of benzene rings is 1. The van der Waals surface area contributed by atoms with E-state index in [9.17, 15) is 4.79 Å². The van der Waals surface area contributed by atoms with Gasteiger partial charge in [0.25, 0.3) is 5.91 Å². The van der Waals surface area contributed by atoms with Gasteiger partial charge in [0.2, 0.25) is 0 Å². The normalized spacial score (nSPS) is 12.8. The Labute approximate surface area is 113 Å². The van der Waals surface area contributed by atoms with E-state index in [0.717, 1.165) is 11.1 Å². The van der Waals surface area contributed by atoms with Crippen molar-refractivity contribution in [2.45, 2.75) is 6.42 Å². The molecule has 1 aromatic rings. The molecule has 0 radical (unpaired) electrons. The van der Waals surface area contributed by atoms with E-state index in [1.54, 1.807) is 17.2 Å². The Hall–Kier alpha value is -2.13. The second kappa shape index (κ2) is 6.16. The fraction of sp³-hybridized carbons (Fsp3) is 0.188. The molecule has 1 N–H and O–H groups in total. The molecule has 0 saturated heterocycles. The Balaban J connectivity index is 2.02. The van der Waals surface area contributed by atoms with Gasteiger partial charge in [0.15, 0.2) is 0 Å². The number of carbonyl (C=O) groups excluding carboxylic acids is 1. The van der Waals surface area contributed by atoms with Crippen molar-refractivity contribution >= 4 is 12.0 Å². The number of carbonyl (C=O) groups is 1. The largest absolute Gasteiger partial charge is 0.284 e. The van der Waals surface area contributed by atoms with Gasteiger partial charge in [-0.15, -0.1) is 13.2 Å².